The number of aromatic amines is 1. The third-order valence-corrected chi connectivity index (χ3v) is 3.56. The predicted octanol–water partition coefficient (Wildman–Crippen LogP) is 2.85. The molecule has 2 N–H and O–H groups in total. The summed E-state index contributed by atoms with van der Waals surface area (Å²) in [4.78, 5) is 23.2. The van der Waals surface area contributed by atoms with Gasteiger partial charge in [0.15, 0.2) is 5.82 Å². The van der Waals surface area contributed by atoms with Crippen LogP contribution in [0.2, 0.25) is 0 Å². The van der Waals surface area contributed by atoms with Crippen molar-refractivity contribution in [2.75, 3.05) is 0 Å². The van der Waals surface area contributed by atoms with Gasteiger partial charge in [-0.15, -0.1) is 0 Å². The minimum atomic E-state index is -0.188. The maximum Gasteiger partial charge on any atom is 0.251 e. The van der Waals surface area contributed by atoms with Gasteiger partial charge in [0, 0.05) is 33.8 Å². The predicted molar refractivity (Wildman–Crippen MR) is 85.5 cm³/mol. The van der Waals surface area contributed by atoms with Crippen LogP contribution < -0.4 is 10.9 Å². The Labute approximate surface area is 133 Å². The molecule has 2 rings (SSSR count). The zero-order valence-corrected chi connectivity index (χ0v) is 14.2. The van der Waals surface area contributed by atoms with E-state index >= 15 is 0 Å². The summed E-state index contributed by atoms with van der Waals surface area (Å²) in [5.74, 6) is 0.456. The standard InChI is InChI=1S/C13H14Br2N4O/c1-7(2)16-6-9-4-11(20)19-13(18-9)12-10(15)3-8(14)5-17-12/h3-5,7,16H,6H2,1-2H3,(H,18,19,20). The summed E-state index contributed by atoms with van der Waals surface area (Å²) in [5, 5.41) is 3.24. The first-order valence-electron chi connectivity index (χ1n) is 6.10. The van der Waals surface area contributed by atoms with Crippen LogP contribution in [0.3, 0.4) is 0 Å². The number of H-pyrrole nitrogens is 1. The van der Waals surface area contributed by atoms with E-state index in [0.29, 0.717) is 29.8 Å². The fraction of sp³-hybridized carbons (Fsp3) is 0.308. The molecule has 2 aromatic rings. The Bertz CT molecular complexity index is 670. The minimum Gasteiger partial charge on any atom is -0.309 e. The molecule has 0 saturated heterocycles. The van der Waals surface area contributed by atoms with Crippen molar-refractivity contribution in [2.45, 2.75) is 26.4 Å². The summed E-state index contributed by atoms with van der Waals surface area (Å²) < 4.78 is 1.62. The van der Waals surface area contributed by atoms with Gasteiger partial charge in [-0.25, -0.2) is 4.98 Å². The van der Waals surface area contributed by atoms with E-state index in [1.165, 1.54) is 6.07 Å². The van der Waals surface area contributed by atoms with Gasteiger partial charge in [-0.2, -0.15) is 0 Å². The second-order valence-corrected chi connectivity index (χ2v) is 6.37. The average molecular weight is 402 g/mol. The number of aromatic nitrogens is 3. The van der Waals surface area contributed by atoms with Crippen LogP contribution >= 0.6 is 31.9 Å². The molecule has 0 spiro atoms. The highest BCUT2D eigenvalue weighted by atomic mass is 79.9. The van der Waals surface area contributed by atoms with Gasteiger partial charge < -0.3 is 10.3 Å². The van der Waals surface area contributed by atoms with Crippen molar-refractivity contribution in [3.05, 3.63) is 43.3 Å². The summed E-state index contributed by atoms with van der Waals surface area (Å²) in [6.45, 7) is 4.63. The largest absolute Gasteiger partial charge is 0.309 e. The van der Waals surface area contributed by atoms with E-state index < -0.39 is 0 Å². The molecule has 0 bridgehead atoms. The van der Waals surface area contributed by atoms with Gasteiger partial charge in [-0.1, -0.05) is 13.8 Å². The van der Waals surface area contributed by atoms with Crippen LogP contribution in [-0.2, 0) is 6.54 Å². The van der Waals surface area contributed by atoms with Crippen LogP contribution in [-0.4, -0.2) is 21.0 Å². The van der Waals surface area contributed by atoms with E-state index in [9.17, 15) is 4.79 Å². The topological polar surface area (TPSA) is 70.7 Å². The summed E-state index contributed by atoms with van der Waals surface area (Å²) in [6.07, 6.45) is 1.67. The number of nitrogens with one attached hydrogen (secondary N) is 2. The minimum absolute atomic E-state index is 0.188. The molecule has 0 saturated carbocycles. The van der Waals surface area contributed by atoms with Crippen LogP contribution in [0.5, 0.6) is 0 Å². The van der Waals surface area contributed by atoms with E-state index in [1.54, 1.807) is 6.20 Å². The molecule has 5 nitrogen and oxygen atoms in total. The molecular weight excluding hydrogens is 388 g/mol. The summed E-state index contributed by atoms with van der Waals surface area (Å²) in [7, 11) is 0. The molecule has 106 valence electrons. The summed E-state index contributed by atoms with van der Waals surface area (Å²) in [5.41, 5.74) is 1.11. The Kier molecular flexibility index (Phi) is 5.06. The van der Waals surface area contributed by atoms with Gasteiger partial charge in [0.2, 0.25) is 0 Å². The zero-order valence-electron chi connectivity index (χ0n) is 11.1. The van der Waals surface area contributed by atoms with E-state index in [2.05, 4.69) is 52.1 Å². The number of hydrogen-bond acceptors (Lipinski definition) is 4. The van der Waals surface area contributed by atoms with Crippen LogP contribution in [0.1, 0.15) is 19.5 Å². The van der Waals surface area contributed by atoms with Crippen molar-refractivity contribution >= 4 is 31.9 Å². The third kappa shape index (κ3) is 3.97. The number of rotatable bonds is 4. The Morgan fingerprint density at radius 1 is 1.35 bits per heavy atom. The molecule has 0 aliphatic rings. The van der Waals surface area contributed by atoms with Gasteiger partial charge >= 0.3 is 0 Å². The average Bonchev–Trinajstić information content (AvgIpc) is 2.35. The lowest BCUT2D eigenvalue weighted by atomic mass is 10.3. The smallest absolute Gasteiger partial charge is 0.251 e. The molecule has 2 aromatic heterocycles. The molecule has 2 heterocycles. The number of nitrogens with zero attached hydrogens (tertiary/aromatic N) is 2. The molecule has 0 atom stereocenters. The second-order valence-electron chi connectivity index (χ2n) is 4.60. The van der Waals surface area contributed by atoms with E-state index in [4.69, 9.17) is 0 Å². The van der Waals surface area contributed by atoms with Crippen LogP contribution in [0.4, 0.5) is 0 Å². The molecule has 0 aliphatic heterocycles. The maximum absolute atomic E-state index is 11.7. The Morgan fingerprint density at radius 2 is 2.10 bits per heavy atom. The quantitative estimate of drug-likeness (QED) is 0.826. The molecule has 0 aromatic carbocycles. The van der Waals surface area contributed by atoms with Crippen molar-refractivity contribution in [3.63, 3.8) is 0 Å². The fourth-order valence-electron chi connectivity index (χ4n) is 1.61. The molecule has 7 heteroatoms. The van der Waals surface area contributed by atoms with Gasteiger partial charge in [0.05, 0.1) is 5.69 Å². The zero-order chi connectivity index (χ0) is 14.7. The van der Waals surface area contributed by atoms with Crippen molar-refractivity contribution in [3.8, 4) is 11.5 Å². The summed E-state index contributed by atoms with van der Waals surface area (Å²) >= 11 is 6.77. The van der Waals surface area contributed by atoms with Crippen molar-refractivity contribution in [1.82, 2.24) is 20.3 Å². The van der Waals surface area contributed by atoms with Crippen LogP contribution in [0.15, 0.2) is 32.1 Å². The highest BCUT2D eigenvalue weighted by Crippen LogP contribution is 2.25. The number of pyridine rings is 1. The highest BCUT2D eigenvalue weighted by Gasteiger charge is 2.10. The molecule has 0 aliphatic carbocycles. The molecule has 0 fully saturated rings. The normalized spacial score (nSPS) is 11.1. The lowest BCUT2D eigenvalue weighted by Crippen LogP contribution is -2.24. The fourth-order valence-corrected chi connectivity index (χ4v) is 2.78. The molecule has 0 unspecified atom stereocenters. The number of hydrogen-bond donors (Lipinski definition) is 2. The van der Waals surface area contributed by atoms with Gasteiger partial charge in [-0.05, 0) is 37.9 Å². The van der Waals surface area contributed by atoms with Crippen molar-refractivity contribution in [2.24, 2.45) is 0 Å². The lowest BCUT2D eigenvalue weighted by Gasteiger charge is -2.09. The first-order valence-corrected chi connectivity index (χ1v) is 7.69. The lowest BCUT2D eigenvalue weighted by molar-refractivity contribution is 0.580. The van der Waals surface area contributed by atoms with Gasteiger partial charge in [0.25, 0.3) is 5.56 Å². The summed E-state index contributed by atoms with van der Waals surface area (Å²) in [6, 6.07) is 3.68. The van der Waals surface area contributed by atoms with Crippen molar-refractivity contribution < 1.29 is 0 Å². The molecule has 0 radical (unpaired) electrons. The van der Waals surface area contributed by atoms with E-state index in [-0.39, 0.29) is 5.56 Å². The first kappa shape index (κ1) is 15.3. The Balaban J connectivity index is 2.39. The SMILES string of the molecule is CC(C)NCc1cc(=O)[nH]c(-c2ncc(Br)cc2Br)n1. The van der Waals surface area contributed by atoms with Crippen LogP contribution in [0, 0.1) is 0 Å². The maximum atomic E-state index is 11.7. The van der Waals surface area contributed by atoms with Crippen molar-refractivity contribution in [1.29, 1.82) is 0 Å². The number of halogens is 2. The Hall–Kier alpha value is -1.05. The molecule has 0 amide bonds. The molecular formula is C13H14Br2N4O. The van der Waals surface area contributed by atoms with E-state index in [0.717, 1.165) is 8.95 Å². The third-order valence-electron chi connectivity index (χ3n) is 2.52. The Morgan fingerprint density at radius 3 is 2.75 bits per heavy atom. The molecule has 20 heavy (non-hydrogen) atoms. The van der Waals surface area contributed by atoms with Crippen LogP contribution in [0.25, 0.3) is 11.5 Å². The highest BCUT2D eigenvalue weighted by molar-refractivity contribution is 9.11. The monoisotopic (exact) mass is 400 g/mol. The van der Waals surface area contributed by atoms with Gasteiger partial charge in [-0.3, -0.25) is 9.78 Å². The second kappa shape index (κ2) is 6.60. The van der Waals surface area contributed by atoms with Gasteiger partial charge in [0.1, 0.15) is 5.69 Å². The van der Waals surface area contributed by atoms with E-state index in [1.807, 2.05) is 19.9 Å². The first-order chi connectivity index (χ1) is 9.45.